The molecule has 0 bridgehead atoms. The van der Waals surface area contributed by atoms with E-state index in [9.17, 15) is 23.1 Å². The van der Waals surface area contributed by atoms with Gasteiger partial charge in [0.25, 0.3) is 0 Å². The van der Waals surface area contributed by atoms with Gasteiger partial charge in [-0.25, -0.2) is 4.79 Å². The van der Waals surface area contributed by atoms with Crippen molar-refractivity contribution in [3.63, 3.8) is 0 Å². The van der Waals surface area contributed by atoms with Gasteiger partial charge in [0.1, 0.15) is 0 Å². The summed E-state index contributed by atoms with van der Waals surface area (Å²) in [5, 5.41) is 9.65. The second kappa shape index (κ2) is 9.52. The van der Waals surface area contributed by atoms with Crippen LogP contribution >= 0.6 is 0 Å². The molecule has 0 amide bonds. The number of hydrogen-bond acceptors (Lipinski definition) is 4. The molecule has 1 radical (unpaired) electrons. The number of esters is 1. The van der Waals surface area contributed by atoms with Gasteiger partial charge in [-0.2, -0.15) is 13.2 Å². The van der Waals surface area contributed by atoms with Crippen molar-refractivity contribution >= 4 is 5.97 Å². The van der Waals surface area contributed by atoms with E-state index in [1.54, 1.807) is 13.0 Å². The van der Waals surface area contributed by atoms with Crippen LogP contribution in [0, 0.1) is 6.07 Å². The standard InChI is InChI=1S/C16H20F3O4/c1-2-22-11-10-13(20)8-9-14(16(17,18)19)23-15(21)12-6-4-3-5-7-12/h3-6,13-14,20H,2,8-11H2,1H3/t13?,14-/m1/s1. The van der Waals surface area contributed by atoms with Gasteiger partial charge < -0.3 is 14.6 Å². The molecule has 1 N–H and O–H groups in total. The Morgan fingerprint density at radius 3 is 2.61 bits per heavy atom. The molecule has 7 heteroatoms. The Hall–Kier alpha value is -1.60. The minimum atomic E-state index is -4.69. The molecule has 0 aromatic heterocycles. The van der Waals surface area contributed by atoms with Crippen LogP contribution in [0.5, 0.6) is 0 Å². The molecule has 1 unspecified atom stereocenters. The number of carbonyl (C=O) groups is 1. The lowest BCUT2D eigenvalue weighted by atomic mass is 10.1. The SMILES string of the molecule is CCOCCC(O)CC[C@@H](OC(=O)c1[c]cccc1)C(F)(F)F. The van der Waals surface area contributed by atoms with Gasteiger partial charge in [-0.1, -0.05) is 18.2 Å². The molecule has 1 aromatic rings. The van der Waals surface area contributed by atoms with Crippen molar-refractivity contribution in [2.45, 2.75) is 44.6 Å². The lowest BCUT2D eigenvalue weighted by molar-refractivity contribution is -0.207. The fourth-order valence-electron chi connectivity index (χ4n) is 1.85. The molecule has 2 atom stereocenters. The molecule has 0 aliphatic carbocycles. The van der Waals surface area contributed by atoms with E-state index in [0.29, 0.717) is 6.61 Å². The Bertz CT molecular complexity index is 462. The average Bonchev–Trinajstić information content (AvgIpc) is 2.51. The lowest BCUT2D eigenvalue weighted by Crippen LogP contribution is -2.34. The predicted molar refractivity (Wildman–Crippen MR) is 76.9 cm³/mol. The summed E-state index contributed by atoms with van der Waals surface area (Å²) in [6.07, 6.45) is -8.29. The van der Waals surface area contributed by atoms with Crippen LogP contribution in [0.25, 0.3) is 0 Å². The van der Waals surface area contributed by atoms with Gasteiger partial charge in [0.15, 0.2) is 6.10 Å². The number of benzene rings is 1. The van der Waals surface area contributed by atoms with E-state index < -0.39 is 30.8 Å². The summed E-state index contributed by atoms with van der Waals surface area (Å²) in [4.78, 5) is 11.7. The van der Waals surface area contributed by atoms with Crippen LogP contribution in [0.3, 0.4) is 0 Å². The zero-order chi connectivity index (χ0) is 17.3. The smallest absolute Gasteiger partial charge is 0.425 e. The zero-order valence-electron chi connectivity index (χ0n) is 12.8. The molecule has 129 valence electrons. The Morgan fingerprint density at radius 1 is 1.30 bits per heavy atom. The Kier molecular flexibility index (Phi) is 8.05. The first-order valence-electron chi connectivity index (χ1n) is 7.34. The molecule has 23 heavy (non-hydrogen) atoms. The summed E-state index contributed by atoms with van der Waals surface area (Å²) in [6, 6.07) is 8.35. The molecule has 1 aromatic carbocycles. The largest absolute Gasteiger partial charge is 0.449 e. The summed E-state index contributed by atoms with van der Waals surface area (Å²) in [5.74, 6) is -1.09. The van der Waals surface area contributed by atoms with E-state index >= 15 is 0 Å². The molecule has 0 heterocycles. The van der Waals surface area contributed by atoms with Gasteiger partial charge in [-0.15, -0.1) is 0 Å². The third kappa shape index (κ3) is 7.47. The number of hydrogen-bond donors (Lipinski definition) is 1. The Morgan fingerprint density at radius 2 is 2.04 bits per heavy atom. The number of rotatable bonds is 9. The average molecular weight is 333 g/mol. The van der Waals surface area contributed by atoms with Crippen LogP contribution in [0.2, 0.25) is 0 Å². The number of halogens is 3. The molecule has 0 saturated carbocycles. The van der Waals surface area contributed by atoms with Crippen molar-refractivity contribution in [2.24, 2.45) is 0 Å². The van der Waals surface area contributed by atoms with Crippen LogP contribution in [0.15, 0.2) is 24.3 Å². The zero-order valence-corrected chi connectivity index (χ0v) is 12.8. The number of alkyl halides is 3. The van der Waals surface area contributed by atoms with Crippen molar-refractivity contribution in [1.82, 2.24) is 0 Å². The fraction of sp³-hybridized carbons (Fsp3) is 0.562. The van der Waals surface area contributed by atoms with E-state index in [1.807, 2.05) is 0 Å². The van der Waals surface area contributed by atoms with Gasteiger partial charge in [0.2, 0.25) is 0 Å². The van der Waals surface area contributed by atoms with Gasteiger partial charge in [-0.05, 0) is 38.3 Å². The van der Waals surface area contributed by atoms with E-state index in [2.05, 4.69) is 10.8 Å². The first-order valence-corrected chi connectivity index (χ1v) is 7.34. The van der Waals surface area contributed by atoms with Gasteiger partial charge in [0, 0.05) is 13.2 Å². The minimum absolute atomic E-state index is 0.0707. The monoisotopic (exact) mass is 333 g/mol. The number of aliphatic hydroxyl groups excluding tert-OH is 1. The second-order valence-electron chi connectivity index (χ2n) is 4.93. The van der Waals surface area contributed by atoms with Crippen molar-refractivity contribution in [2.75, 3.05) is 13.2 Å². The van der Waals surface area contributed by atoms with Crippen molar-refractivity contribution in [1.29, 1.82) is 0 Å². The maximum atomic E-state index is 13.0. The molecular weight excluding hydrogens is 313 g/mol. The van der Waals surface area contributed by atoms with Crippen LogP contribution in [-0.4, -0.2) is 42.7 Å². The summed E-state index contributed by atoms with van der Waals surface area (Å²) in [6.45, 7) is 2.53. The van der Waals surface area contributed by atoms with Crippen molar-refractivity contribution in [3.05, 3.63) is 35.9 Å². The number of carbonyl (C=O) groups excluding carboxylic acids is 1. The second-order valence-corrected chi connectivity index (χ2v) is 4.93. The fourth-order valence-corrected chi connectivity index (χ4v) is 1.85. The van der Waals surface area contributed by atoms with Crippen molar-refractivity contribution in [3.8, 4) is 0 Å². The number of aliphatic hydroxyl groups is 1. The summed E-state index contributed by atoms with van der Waals surface area (Å²) in [7, 11) is 0. The first kappa shape index (κ1) is 19.4. The highest BCUT2D eigenvalue weighted by atomic mass is 19.4. The van der Waals surface area contributed by atoms with Crippen LogP contribution < -0.4 is 0 Å². The van der Waals surface area contributed by atoms with Crippen molar-refractivity contribution < 1.29 is 32.5 Å². The van der Waals surface area contributed by atoms with E-state index in [1.165, 1.54) is 18.2 Å². The third-order valence-corrected chi connectivity index (χ3v) is 3.10. The molecule has 0 aliphatic heterocycles. The summed E-state index contributed by atoms with van der Waals surface area (Å²) in [5.41, 5.74) is -0.0707. The molecular formula is C16H20F3O4. The van der Waals surface area contributed by atoms with E-state index in [4.69, 9.17) is 4.74 Å². The maximum Gasteiger partial charge on any atom is 0.425 e. The molecule has 4 nitrogen and oxygen atoms in total. The molecule has 0 fully saturated rings. The normalized spacial score (nSPS) is 14.3. The molecule has 0 spiro atoms. The Balaban J connectivity index is 2.55. The molecule has 1 rings (SSSR count). The highest BCUT2D eigenvalue weighted by Crippen LogP contribution is 2.28. The van der Waals surface area contributed by atoms with Crippen LogP contribution in [0.1, 0.15) is 36.5 Å². The maximum absolute atomic E-state index is 13.0. The summed E-state index contributed by atoms with van der Waals surface area (Å²) < 4.78 is 48.4. The van der Waals surface area contributed by atoms with Gasteiger partial charge in [0.05, 0.1) is 11.7 Å². The highest BCUT2D eigenvalue weighted by molar-refractivity contribution is 5.89. The Labute approximate surface area is 133 Å². The van der Waals surface area contributed by atoms with E-state index in [0.717, 1.165) is 0 Å². The predicted octanol–water partition coefficient (Wildman–Crippen LogP) is 3.14. The first-order chi connectivity index (χ1) is 10.8. The molecule has 0 aliphatic rings. The quantitative estimate of drug-likeness (QED) is 0.557. The van der Waals surface area contributed by atoms with Gasteiger partial charge in [-0.3, -0.25) is 0 Å². The third-order valence-electron chi connectivity index (χ3n) is 3.10. The summed E-state index contributed by atoms with van der Waals surface area (Å²) >= 11 is 0. The lowest BCUT2D eigenvalue weighted by Gasteiger charge is -2.22. The molecule has 0 saturated heterocycles. The highest BCUT2D eigenvalue weighted by Gasteiger charge is 2.42. The topological polar surface area (TPSA) is 55.8 Å². The minimum Gasteiger partial charge on any atom is -0.449 e. The number of ether oxygens (including phenoxy) is 2. The van der Waals surface area contributed by atoms with E-state index in [-0.39, 0.29) is 25.0 Å². The van der Waals surface area contributed by atoms with Crippen LogP contribution in [-0.2, 0) is 9.47 Å². The van der Waals surface area contributed by atoms with Crippen LogP contribution in [0.4, 0.5) is 13.2 Å². The van der Waals surface area contributed by atoms with Gasteiger partial charge >= 0.3 is 12.1 Å².